The van der Waals surface area contributed by atoms with Crippen LogP contribution in [0.3, 0.4) is 0 Å². The fourth-order valence-electron chi connectivity index (χ4n) is 1.29. The van der Waals surface area contributed by atoms with Gasteiger partial charge >= 0.3 is 0 Å². The molecule has 0 aliphatic heterocycles. The lowest BCUT2D eigenvalue weighted by molar-refractivity contribution is 0.456. The summed E-state index contributed by atoms with van der Waals surface area (Å²) in [6, 6.07) is 5.30. The number of ether oxygens (including phenoxy) is 1. The fraction of sp³-hybridized carbons (Fsp3) is 0.250. The molecule has 0 saturated heterocycles. The highest BCUT2D eigenvalue weighted by Gasteiger charge is 2.04. The normalized spacial score (nSPS) is 10.3. The third-order valence-corrected chi connectivity index (χ3v) is 2.33. The molecule has 0 amide bonds. The standard InChI is InChI=1S/C12H12ClN3O/c1-3-11-15-10(13)6-12(16-11)17-9-5-4-8(2)14-7-9/h4-7H,3H2,1-2H3. The van der Waals surface area contributed by atoms with Gasteiger partial charge in [-0.3, -0.25) is 4.98 Å². The smallest absolute Gasteiger partial charge is 0.224 e. The van der Waals surface area contributed by atoms with Gasteiger partial charge in [-0.2, -0.15) is 4.98 Å². The van der Waals surface area contributed by atoms with Gasteiger partial charge in [0.25, 0.3) is 0 Å². The Kier molecular flexibility index (Phi) is 3.54. The maximum absolute atomic E-state index is 5.87. The molecule has 0 N–H and O–H groups in total. The second-order valence-electron chi connectivity index (χ2n) is 3.54. The first kappa shape index (κ1) is 11.8. The van der Waals surface area contributed by atoms with Gasteiger partial charge < -0.3 is 4.74 Å². The van der Waals surface area contributed by atoms with Crippen LogP contribution in [0.25, 0.3) is 0 Å². The minimum atomic E-state index is 0.381. The van der Waals surface area contributed by atoms with Crippen molar-refractivity contribution in [2.75, 3.05) is 0 Å². The zero-order valence-corrected chi connectivity index (χ0v) is 10.4. The van der Waals surface area contributed by atoms with Crippen LogP contribution in [0.15, 0.2) is 24.4 Å². The molecule has 2 heterocycles. The largest absolute Gasteiger partial charge is 0.437 e. The summed E-state index contributed by atoms with van der Waals surface area (Å²) in [6.45, 7) is 3.88. The zero-order valence-electron chi connectivity index (χ0n) is 9.64. The quantitative estimate of drug-likeness (QED) is 0.784. The SMILES string of the molecule is CCc1nc(Cl)cc(Oc2ccc(C)nc2)n1. The first-order chi connectivity index (χ1) is 8.17. The number of rotatable bonds is 3. The highest BCUT2D eigenvalue weighted by atomic mass is 35.5. The predicted molar refractivity (Wildman–Crippen MR) is 65.5 cm³/mol. The number of pyridine rings is 1. The van der Waals surface area contributed by atoms with Gasteiger partial charge in [-0.1, -0.05) is 18.5 Å². The molecule has 2 aromatic heterocycles. The van der Waals surface area contributed by atoms with Gasteiger partial charge in [-0.25, -0.2) is 4.98 Å². The number of aryl methyl sites for hydroxylation is 2. The van der Waals surface area contributed by atoms with Gasteiger partial charge in [-0.15, -0.1) is 0 Å². The van der Waals surface area contributed by atoms with Gasteiger partial charge in [0.1, 0.15) is 16.7 Å². The van der Waals surface area contributed by atoms with E-state index in [-0.39, 0.29) is 0 Å². The number of halogens is 1. The molecule has 88 valence electrons. The molecule has 0 aliphatic carbocycles. The summed E-state index contributed by atoms with van der Waals surface area (Å²) >= 11 is 5.87. The van der Waals surface area contributed by atoms with E-state index in [4.69, 9.17) is 16.3 Å². The van der Waals surface area contributed by atoms with E-state index in [1.807, 2.05) is 26.0 Å². The van der Waals surface area contributed by atoms with Crippen molar-refractivity contribution in [3.05, 3.63) is 41.1 Å². The predicted octanol–water partition coefficient (Wildman–Crippen LogP) is 3.19. The molecule has 0 spiro atoms. The van der Waals surface area contributed by atoms with E-state index in [0.717, 1.165) is 5.69 Å². The second-order valence-corrected chi connectivity index (χ2v) is 3.92. The highest BCUT2D eigenvalue weighted by molar-refractivity contribution is 6.29. The lowest BCUT2D eigenvalue weighted by atomic mass is 10.4. The van der Waals surface area contributed by atoms with E-state index in [1.54, 1.807) is 12.3 Å². The van der Waals surface area contributed by atoms with Crippen molar-refractivity contribution in [1.29, 1.82) is 0 Å². The Morgan fingerprint density at radius 3 is 2.76 bits per heavy atom. The number of hydrogen-bond donors (Lipinski definition) is 0. The van der Waals surface area contributed by atoms with Crippen LogP contribution in [0, 0.1) is 6.92 Å². The lowest BCUT2D eigenvalue weighted by Gasteiger charge is -2.06. The highest BCUT2D eigenvalue weighted by Crippen LogP contribution is 2.21. The minimum absolute atomic E-state index is 0.381. The first-order valence-corrected chi connectivity index (χ1v) is 5.69. The van der Waals surface area contributed by atoms with Crippen molar-refractivity contribution in [3.8, 4) is 11.6 Å². The monoisotopic (exact) mass is 249 g/mol. The average molecular weight is 250 g/mol. The zero-order chi connectivity index (χ0) is 12.3. The van der Waals surface area contributed by atoms with Crippen molar-refractivity contribution in [2.45, 2.75) is 20.3 Å². The summed E-state index contributed by atoms with van der Waals surface area (Å²) in [5.74, 6) is 1.73. The first-order valence-electron chi connectivity index (χ1n) is 5.31. The van der Waals surface area contributed by atoms with Gasteiger partial charge in [0.2, 0.25) is 5.88 Å². The van der Waals surface area contributed by atoms with Crippen molar-refractivity contribution < 1.29 is 4.74 Å². The van der Waals surface area contributed by atoms with E-state index in [1.165, 1.54) is 0 Å². The third kappa shape index (κ3) is 3.14. The summed E-state index contributed by atoms with van der Waals surface area (Å²) in [5, 5.41) is 0.381. The molecule has 0 atom stereocenters. The molecule has 0 bridgehead atoms. The second kappa shape index (κ2) is 5.10. The molecular weight excluding hydrogens is 238 g/mol. The third-order valence-electron chi connectivity index (χ3n) is 2.14. The summed E-state index contributed by atoms with van der Waals surface area (Å²) in [7, 11) is 0. The van der Waals surface area contributed by atoms with Crippen molar-refractivity contribution in [2.24, 2.45) is 0 Å². The van der Waals surface area contributed by atoms with E-state index < -0.39 is 0 Å². The van der Waals surface area contributed by atoms with Gasteiger partial charge in [0, 0.05) is 18.2 Å². The molecule has 0 aliphatic rings. The molecule has 0 unspecified atom stereocenters. The summed E-state index contributed by atoms with van der Waals surface area (Å²) < 4.78 is 5.56. The van der Waals surface area contributed by atoms with Crippen LogP contribution in [0.1, 0.15) is 18.4 Å². The fourth-order valence-corrected chi connectivity index (χ4v) is 1.48. The van der Waals surface area contributed by atoms with Crippen LogP contribution in [-0.4, -0.2) is 15.0 Å². The summed E-state index contributed by atoms with van der Waals surface area (Å²) in [5.41, 5.74) is 0.937. The molecule has 17 heavy (non-hydrogen) atoms. The molecule has 2 aromatic rings. The Balaban J connectivity index is 2.23. The molecule has 0 saturated carbocycles. The maximum Gasteiger partial charge on any atom is 0.224 e. The van der Waals surface area contributed by atoms with Crippen molar-refractivity contribution in [3.63, 3.8) is 0 Å². The Morgan fingerprint density at radius 1 is 1.29 bits per heavy atom. The molecule has 5 heteroatoms. The lowest BCUT2D eigenvalue weighted by Crippen LogP contribution is -1.96. The van der Waals surface area contributed by atoms with Gasteiger partial charge in [0.15, 0.2) is 0 Å². The molecule has 2 rings (SSSR count). The number of hydrogen-bond acceptors (Lipinski definition) is 4. The van der Waals surface area contributed by atoms with Gasteiger partial charge in [-0.05, 0) is 19.1 Å². The Labute approximate surface area is 105 Å². The minimum Gasteiger partial charge on any atom is -0.437 e. The van der Waals surface area contributed by atoms with Crippen LogP contribution in [-0.2, 0) is 6.42 Å². The molecule has 4 nitrogen and oxygen atoms in total. The van der Waals surface area contributed by atoms with E-state index >= 15 is 0 Å². The molecule has 0 radical (unpaired) electrons. The van der Waals surface area contributed by atoms with Crippen LogP contribution < -0.4 is 4.74 Å². The Bertz CT molecular complexity index is 514. The van der Waals surface area contributed by atoms with Crippen LogP contribution >= 0.6 is 11.6 Å². The van der Waals surface area contributed by atoms with Gasteiger partial charge in [0.05, 0.1) is 6.20 Å². The van der Waals surface area contributed by atoms with Crippen LogP contribution in [0.2, 0.25) is 5.15 Å². The van der Waals surface area contributed by atoms with E-state index in [2.05, 4.69) is 15.0 Å². The summed E-state index contributed by atoms with van der Waals surface area (Å²) in [4.78, 5) is 12.4. The Hall–Kier alpha value is -1.68. The van der Waals surface area contributed by atoms with Crippen molar-refractivity contribution in [1.82, 2.24) is 15.0 Å². The number of aromatic nitrogens is 3. The molecule has 0 aromatic carbocycles. The Morgan fingerprint density at radius 2 is 2.12 bits per heavy atom. The average Bonchev–Trinajstić information content (AvgIpc) is 2.31. The van der Waals surface area contributed by atoms with E-state index in [9.17, 15) is 0 Å². The van der Waals surface area contributed by atoms with Crippen molar-refractivity contribution >= 4 is 11.6 Å². The van der Waals surface area contributed by atoms with Crippen LogP contribution in [0.4, 0.5) is 0 Å². The van der Waals surface area contributed by atoms with E-state index in [0.29, 0.717) is 29.0 Å². The topological polar surface area (TPSA) is 47.9 Å². The van der Waals surface area contributed by atoms with Crippen LogP contribution in [0.5, 0.6) is 11.6 Å². The summed E-state index contributed by atoms with van der Waals surface area (Å²) in [6.07, 6.45) is 2.36. The molecule has 0 fully saturated rings. The molecular formula is C12H12ClN3O. The number of nitrogens with zero attached hydrogens (tertiary/aromatic N) is 3. The maximum atomic E-state index is 5.87.